The number of imidazole rings is 1. The van der Waals surface area contributed by atoms with E-state index in [0.717, 1.165) is 42.5 Å². The van der Waals surface area contributed by atoms with Crippen molar-refractivity contribution in [1.82, 2.24) is 9.13 Å². The fraction of sp³-hybridized carbons (Fsp3) is 0.615. The van der Waals surface area contributed by atoms with Crippen molar-refractivity contribution in [2.45, 2.75) is 98.6 Å². The molecule has 0 saturated heterocycles. The van der Waals surface area contributed by atoms with Gasteiger partial charge >= 0.3 is 0 Å². The number of aromatic nitrogens is 2. The molecule has 1 heterocycles. The number of aromatic hydroxyl groups is 1. The fourth-order valence-corrected chi connectivity index (χ4v) is 4.08. The van der Waals surface area contributed by atoms with Crippen LogP contribution in [0, 0.1) is 11.3 Å². The molecule has 186 valence electrons. The maximum Gasteiger partial charge on any atom is 0.202 e. The van der Waals surface area contributed by atoms with Crippen molar-refractivity contribution in [1.29, 1.82) is 5.41 Å². The van der Waals surface area contributed by atoms with E-state index in [1.807, 2.05) is 29.1 Å². The van der Waals surface area contributed by atoms with Gasteiger partial charge < -0.3 is 19.4 Å². The van der Waals surface area contributed by atoms with Crippen molar-refractivity contribution in [3.05, 3.63) is 46.8 Å². The van der Waals surface area contributed by atoms with Gasteiger partial charge in [0.15, 0.2) is 0 Å². The molecule has 33 heavy (non-hydrogen) atoms. The van der Waals surface area contributed by atoms with Crippen LogP contribution in [0.5, 0.6) is 5.75 Å². The van der Waals surface area contributed by atoms with Gasteiger partial charge in [-0.2, -0.15) is 0 Å². The molecule has 0 aliphatic carbocycles. The standard InChI is InChI=1S/C26H42N4O2.BrH/c1-9-18(10-2)11-12-29-13-14-30(24(29)27)17-22(28-32)19-15-20(25(3,4)5)23(31)21(16-19)26(6,7)8;/h13-16,18,27,31-32H,9-12,17H2,1-8H3;1H/b27-24?,28-22-;. The van der Waals surface area contributed by atoms with Crippen LogP contribution in [0.3, 0.4) is 0 Å². The molecule has 0 spiro atoms. The second kappa shape index (κ2) is 11.4. The van der Waals surface area contributed by atoms with E-state index in [4.69, 9.17) is 5.41 Å². The molecule has 2 rings (SSSR count). The van der Waals surface area contributed by atoms with Crippen molar-refractivity contribution in [3.8, 4) is 5.75 Å². The predicted molar refractivity (Wildman–Crippen MR) is 141 cm³/mol. The lowest BCUT2D eigenvalue weighted by atomic mass is 9.78. The lowest BCUT2D eigenvalue weighted by Gasteiger charge is -2.28. The topological polar surface area (TPSA) is 86.5 Å². The van der Waals surface area contributed by atoms with Crippen molar-refractivity contribution >= 4 is 22.7 Å². The zero-order valence-corrected chi connectivity index (χ0v) is 23.3. The van der Waals surface area contributed by atoms with Gasteiger partial charge in [-0.3, -0.25) is 5.41 Å². The Labute approximate surface area is 209 Å². The average Bonchev–Trinajstić information content (AvgIpc) is 3.05. The van der Waals surface area contributed by atoms with E-state index < -0.39 is 0 Å². The first-order valence-corrected chi connectivity index (χ1v) is 11.7. The summed E-state index contributed by atoms with van der Waals surface area (Å²) in [5.74, 6) is 0.968. The second-order valence-electron chi connectivity index (χ2n) is 10.9. The smallest absolute Gasteiger partial charge is 0.202 e. The first-order valence-electron chi connectivity index (χ1n) is 11.7. The number of nitrogens with zero attached hydrogens (tertiary/aromatic N) is 3. The van der Waals surface area contributed by atoms with Crippen molar-refractivity contribution in [2.24, 2.45) is 11.1 Å². The summed E-state index contributed by atoms with van der Waals surface area (Å²) in [4.78, 5) is 0. The van der Waals surface area contributed by atoms with Crippen LogP contribution in [0.15, 0.2) is 29.7 Å². The molecular weight excluding hydrogens is 480 g/mol. The summed E-state index contributed by atoms with van der Waals surface area (Å²) < 4.78 is 3.74. The highest BCUT2D eigenvalue weighted by molar-refractivity contribution is 8.93. The Morgan fingerprint density at radius 2 is 1.45 bits per heavy atom. The van der Waals surface area contributed by atoms with Gasteiger partial charge in [-0.25, -0.2) is 0 Å². The van der Waals surface area contributed by atoms with Crippen molar-refractivity contribution < 1.29 is 10.3 Å². The highest BCUT2D eigenvalue weighted by Gasteiger charge is 2.27. The third-order valence-corrected chi connectivity index (χ3v) is 6.40. The van der Waals surface area contributed by atoms with E-state index in [1.165, 1.54) is 0 Å². The van der Waals surface area contributed by atoms with Gasteiger partial charge in [0.25, 0.3) is 0 Å². The van der Waals surface area contributed by atoms with Gasteiger partial charge in [-0.05, 0) is 35.3 Å². The number of aryl methyl sites for hydroxylation is 1. The SMILES string of the molecule is Br.CCC(CC)CCn1ccn(C/C(=N/O)c2cc(C(C)(C)C)c(O)c(C(C)(C)C)c2)c1=N. The number of nitrogens with one attached hydrogen (secondary N) is 1. The Morgan fingerprint density at radius 3 is 1.88 bits per heavy atom. The molecule has 1 aromatic carbocycles. The number of hydrogen-bond donors (Lipinski definition) is 3. The summed E-state index contributed by atoms with van der Waals surface area (Å²) in [6, 6.07) is 3.82. The van der Waals surface area contributed by atoms with Crippen LogP contribution in [0.1, 0.15) is 91.3 Å². The molecule has 2 aromatic rings. The molecule has 0 amide bonds. The zero-order valence-electron chi connectivity index (χ0n) is 21.6. The van der Waals surface area contributed by atoms with Crippen molar-refractivity contribution in [2.75, 3.05) is 0 Å². The second-order valence-corrected chi connectivity index (χ2v) is 10.9. The Bertz CT molecular complexity index is 968. The molecule has 7 heteroatoms. The predicted octanol–water partition coefficient (Wildman–Crippen LogP) is 6.35. The fourth-order valence-electron chi connectivity index (χ4n) is 4.08. The molecule has 0 aliphatic heterocycles. The molecule has 0 atom stereocenters. The molecule has 3 N–H and O–H groups in total. The molecule has 0 fully saturated rings. The number of halogens is 1. The van der Waals surface area contributed by atoms with Crippen LogP contribution in [-0.4, -0.2) is 25.2 Å². The monoisotopic (exact) mass is 522 g/mol. The summed E-state index contributed by atoms with van der Waals surface area (Å²) in [7, 11) is 0. The number of oxime groups is 1. The van der Waals surface area contributed by atoms with E-state index in [0.29, 0.717) is 23.0 Å². The highest BCUT2D eigenvalue weighted by atomic mass is 79.9. The average molecular weight is 524 g/mol. The number of hydrogen-bond acceptors (Lipinski definition) is 4. The van der Waals surface area contributed by atoms with Crippen LogP contribution in [0.4, 0.5) is 0 Å². The first-order chi connectivity index (χ1) is 14.8. The minimum absolute atomic E-state index is 0. The van der Waals surface area contributed by atoms with Crippen LogP contribution < -0.4 is 5.62 Å². The van der Waals surface area contributed by atoms with Crippen LogP contribution >= 0.6 is 17.0 Å². The summed E-state index contributed by atoms with van der Waals surface area (Å²) >= 11 is 0. The third-order valence-electron chi connectivity index (χ3n) is 6.40. The number of rotatable bonds is 8. The number of phenols is 1. The molecule has 6 nitrogen and oxygen atoms in total. The van der Waals surface area contributed by atoms with E-state index >= 15 is 0 Å². The summed E-state index contributed by atoms with van der Waals surface area (Å²) in [6.45, 7) is 17.9. The summed E-state index contributed by atoms with van der Waals surface area (Å²) in [6.07, 6.45) is 7.16. The molecule has 0 radical (unpaired) electrons. The molecule has 0 aliphatic rings. The normalized spacial score (nSPS) is 12.8. The minimum Gasteiger partial charge on any atom is -0.507 e. The quantitative estimate of drug-likeness (QED) is 0.214. The molecular formula is C26H43BrN4O2. The van der Waals surface area contributed by atoms with Crippen LogP contribution in [-0.2, 0) is 23.9 Å². The van der Waals surface area contributed by atoms with E-state index in [9.17, 15) is 10.3 Å². The van der Waals surface area contributed by atoms with E-state index in [2.05, 4.69) is 60.5 Å². The van der Waals surface area contributed by atoms with E-state index in [-0.39, 0.29) is 34.4 Å². The minimum atomic E-state index is -0.271. The van der Waals surface area contributed by atoms with Gasteiger partial charge in [-0.15, -0.1) is 17.0 Å². The lowest BCUT2D eigenvalue weighted by molar-refractivity contribution is 0.317. The van der Waals surface area contributed by atoms with Gasteiger partial charge in [0.2, 0.25) is 5.62 Å². The summed E-state index contributed by atoms with van der Waals surface area (Å²) in [5, 5.41) is 33.0. The Balaban J connectivity index is 0.00000544. The first kappa shape index (κ1) is 29.0. The number of benzene rings is 1. The molecule has 0 unspecified atom stereocenters. The Hall–Kier alpha value is -2.02. The molecule has 0 bridgehead atoms. The Morgan fingerprint density at radius 1 is 0.970 bits per heavy atom. The van der Waals surface area contributed by atoms with Crippen LogP contribution in [0.25, 0.3) is 0 Å². The van der Waals surface area contributed by atoms with Gasteiger partial charge in [0, 0.05) is 35.6 Å². The highest BCUT2D eigenvalue weighted by Crippen LogP contribution is 2.40. The van der Waals surface area contributed by atoms with E-state index in [1.54, 1.807) is 4.57 Å². The maximum absolute atomic E-state index is 11.0. The van der Waals surface area contributed by atoms with Gasteiger partial charge in [0.1, 0.15) is 11.5 Å². The summed E-state index contributed by atoms with van der Waals surface area (Å²) in [5.41, 5.74) is 2.72. The van der Waals surface area contributed by atoms with Gasteiger partial charge in [-0.1, -0.05) is 73.4 Å². The maximum atomic E-state index is 11.0. The van der Waals surface area contributed by atoms with Crippen molar-refractivity contribution in [3.63, 3.8) is 0 Å². The third kappa shape index (κ3) is 6.98. The van der Waals surface area contributed by atoms with Crippen LogP contribution in [0.2, 0.25) is 0 Å². The Kier molecular flexibility index (Phi) is 10.0. The number of phenolic OH excluding ortho intramolecular Hbond substituents is 1. The van der Waals surface area contributed by atoms with Gasteiger partial charge in [0.05, 0.1) is 6.54 Å². The molecule has 1 aromatic heterocycles. The largest absolute Gasteiger partial charge is 0.507 e. The molecule has 0 saturated carbocycles. The zero-order chi connectivity index (χ0) is 24.3. The lowest BCUT2D eigenvalue weighted by Crippen LogP contribution is -2.28.